The molecule has 0 radical (unpaired) electrons. The standard InChI is InChI=1S/C11H17N5O2S.C7H9NO.C3H8/c1-7(17)16-8(3-2-4-15-11(12)13)9(18)10-14-5-6-19-10;1-2-6-4-3-5-8-7(6)9;1-3-2/h5-6,8H,2-4H2,1H3,(H,16,17)(H4,12,13,15);3-5H,2H2,1H3,(H,8,9);3H2,1-2H3. The number of rotatable bonds is 8. The summed E-state index contributed by atoms with van der Waals surface area (Å²) >= 11 is 1.25. The summed E-state index contributed by atoms with van der Waals surface area (Å²) in [6, 6.07) is 3.08. The minimum atomic E-state index is -0.585. The van der Waals surface area contributed by atoms with Gasteiger partial charge in [0.05, 0.1) is 6.04 Å². The van der Waals surface area contributed by atoms with Crippen molar-refractivity contribution in [3.8, 4) is 0 Å². The van der Waals surface area contributed by atoms with Crippen molar-refractivity contribution in [1.29, 1.82) is 0 Å². The van der Waals surface area contributed by atoms with Gasteiger partial charge in [-0.1, -0.05) is 33.3 Å². The number of nitrogens with one attached hydrogen (secondary N) is 2. The second-order valence-corrected chi connectivity index (χ2v) is 7.38. The van der Waals surface area contributed by atoms with E-state index in [4.69, 9.17) is 11.5 Å². The quantitative estimate of drug-likeness (QED) is 0.209. The molecule has 0 spiro atoms. The number of carbonyl (C=O) groups is 2. The number of nitrogens with two attached hydrogens (primary N) is 2. The zero-order valence-corrected chi connectivity index (χ0v) is 19.5. The van der Waals surface area contributed by atoms with Crippen molar-refractivity contribution >= 4 is 29.0 Å². The van der Waals surface area contributed by atoms with Gasteiger partial charge in [-0.15, -0.1) is 11.3 Å². The average Bonchev–Trinajstić information content (AvgIpc) is 3.25. The number of guanidine groups is 1. The maximum Gasteiger partial charge on any atom is 0.251 e. The first-order valence-corrected chi connectivity index (χ1v) is 11.1. The van der Waals surface area contributed by atoms with Crippen LogP contribution in [0.1, 0.15) is 62.3 Å². The smallest absolute Gasteiger partial charge is 0.251 e. The van der Waals surface area contributed by atoms with Gasteiger partial charge in [-0.25, -0.2) is 4.98 Å². The number of pyridine rings is 1. The first-order chi connectivity index (χ1) is 14.8. The Balaban J connectivity index is 0.000000619. The van der Waals surface area contributed by atoms with E-state index in [9.17, 15) is 14.4 Å². The Bertz CT molecular complexity index is 845. The van der Waals surface area contributed by atoms with Crippen molar-refractivity contribution in [3.63, 3.8) is 0 Å². The van der Waals surface area contributed by atoms with Gasteiger partial charge >= 0.3 is 0 Å². The summed E-state index contributed by atoms with van der Waals surface area (Å²) in [7, 11) is 0. The highest BCUT2D eigenvalue weighted by molar-refractivity contribution is 7.11. The van der Waals surface area contributed by atoms with Crippen LogP contribution in [0.4, 0.5) is 0 Å². The van der Waals surface area contributed by atoms with Crippen molar-refractivity contribution in [2.24, 2.45) is 16.5 Å². The summed E-state index contributed by atoms with van der Waals surface area (Å²) in [4.78, 5) is 44.4. The molecule has 2 heterocycles. The first-order valence-electron chi connectivity index (χ1n) is 10.2. The van der Waals surface area contributed by atoms with E-state index < -0.39 is 6.04 Å². The lowest BCUT2D eigenvalue weighted by molar-refractivity contribution is -0.119. The van der Waals surface area contributed by atoms with E-state index >= 15 is 0 Å². The van der Waals surface area contributed by atoms with Crippen LogP contribution >= 0.6 is 11.3 Å². The highest BCUT2D eigenvalue weighted by Gasteiger charge is 2.22. The Morgan fingerprint density at radius 2 is 1.97 bits per heavy atom. The van der Waals surface area contributed by atoms with Crippen molar-refractivity contribution in [2.75, 3.05) is 6.54 Å². The van der Waals surface area contributed by atoms with Gasteiger partial charge in [-0.2, -0.15) is 0 Å². The van der Waals surface area contributed by atoms with Crippen LogP contribution < -0.4 is 22.3 Å². The lowest BCUT2D eigenvalue weighted by Crippen LogP contribution is -2.39. The van der Waals surface area contributed by atoms with E-state index in [1.54, 1.807) is 17.8 Å². The fourth-order valence-corrected chi connectivity index (χ4v) is 2.88. The molecule has 1 atom stereocenters. The summed E-state index contributed by atoms with van der Waals surface area (Å²) in [5, 5.41) is 4.73. The Morgan fingerprint density at radius 1 is 1.29 bits per heavy atom. The molecule has 2 rings (SSSR count). The van der Waals surface area contributed by atoms with Crippen molar-refractivity contribution < 1.29 is 9.59 Å². The average molecular weight is 451 g/mol. The largest absolute Gasteiger partial charge is 0.370 e. The van der Waals surface area contributed by atoms with Gasteiger partial charge in [0, 0.05) is 36.8 Å². The number of ketones is 1. The number of hydrogen-bond acceptors (Lipinski definition) is 6. The van der Waals surface area contributed by atoms with Crippen LogP contribution in [-0.2, 0) is 11.2 Å². The minimum absolute atomic E-state index is 0.0160. The predicted molar refractivity (Wildman–Crippen MR) is 126 cm³/mol. The van der Waals surface area contributed by atoms with Crippen LogP contribution in [0.2, 0.25) is 0 Å². The van der Waals surface area contributed by atoms with Gasteiger partial charge in [0.15, 0.2) is 11.0 Å². The lowest BCUT2D eigenvalue weighted by Gasteiger charge is -2.14. The highest BCUT2D eigenvalue weighted by Crippen LogP contribution is 2.11. The van der Waals surface area contributed by atoms with Gasteiger partial charge in [0.1, 0.15) is 0 Å². The molecule has 0 saturated carbocycles. The van der Waals surface area contributed by atoms with Crippen molar-refractivity contribution in [3.05, 3.63) is 50.8 Å². The molecule has 9 nitrogen and oxygen atoms in total. The normalized spacial score (nSPS) is 10.5. The summed E-state index contributed by atoms with van der Waals surface area (Å²) in [5.41, 5.74) is 11.3. The van der Waals surface area contributed by atoms with Crippen molar-refractivity contribution in [2.45, 2.75) is 59.4 Å². The summed E-state index contributed by atoms with van der Waals surface area (Å²) in [6.07, 6.45) is 6.31. The summed E-state index contributed by atoms with van der Waals surface area (Å²) < 4.78 is 0. The zero-order chi connectivity index (χ0) is 23.6. The summed E-state index contributed by atoms with van der Waals surface area (Å²) in [6.45, 7) is 8.01. The molecule has 0 aromatic carbocycles. The molecule has 0 aliphatic carbocycles. The van der Waals surface area contributed by atoms with Crippen LogP contribution in [0.3, 0.4) is 0 Å². The molecule has 6 N–H and O–H groups in total. The third kappa shape index (κ3) is 13.0. The number of thiazole rings is 1. The SMILES string of the molecule is CC(=O)NC(CCCN=C(N)N)C(=O)c1nccs1.CCC.CCc1ccc[nH]c1=O. The van der Waals surface area contributed by atoms with Gasteiger partial charge in [-0.3, -0.25) is 19.4 Å². The first kappa shape index (κ1) is 28.0. The van der Waals surface area contributed by atoms with E-state index in [0.29, 0.717) is 24.4 Å². The van der Waals surface area contributed by atoms with Crippen LogP contribution in [0, 0.1) is 0 Å². The van der Waals surface area contributed by atoms with Gasteiger partial charge in [-0.05, 0) is 25.3 Å². The molecule has 0 bridgehead atoms. The lowest BCUT2D eigenvalue weighted by atomic mass is 10.1. The molecule has 2 aromatic heterocycles. The van der Waals surface area contributed by atoms with Gasteiger partial charge in [0.2, 0.25) is 11.7 Å². The Hall–Kier alpha value is -3.01. The molecule has 172 valence electrons. The second-order valence-electron chi connectivity index (χ2n) is 6.49. The third-order valence-electron chi connectivity index (χ3n) is 3.56. The molecule has 2 aromatic rings. The van der Waals surface area contributed by atoms with E-state index in [1.165, 1.54) is 24.7 Å². The van der Waals surface area contributed by atoms with Gasteiger partial charge < -0.3 is 21.8 Å². The predicted octanol–water partition coefficient (Wildman–Crippen LogP) is 2.24. The number of nitrogens with zero attached hydrogens (tertiary/aromatic N) is 2. The number of Topliss-reactive ketones (excluding diaryl/α,β-unsaturated/α-hetero) is 1. The number of amides is 1. The zero-order valence-electron chi connectivity index (χ0n) is 18.7. The number of carbonyl (C=O) groups excluding carboxylic acids is 2. The number of H-pyrrole nitrogens is 1. The topological polar surface area (TPSA) is 156 Å². The van der Waals surface area contributed by atoms with E-state index in [-0.39, 0.29) is 23.2 Å². The van der Waals surface area contributed by atoms with E-state index in [2.05, 4.69) is 34.1 Å². The van der Waals surface area contributed by atoms with Crippen LogP contribution in [0.5, 0.6) is 0 Å². The molecule has 31 heavy (non-hydrogen) atoms. The number of aryl methyl sites for hydroxylation is 1. The molecule has 1 amide bonds. The Kier molecular flexibility index (Phi) is 15.1. The molecular formula is C21H34N6O3S. The molecule has 0 fully saturated rings. The molecular weight excluding hydrogens is 416 g/mol. The highest BCUT2D eigenvalue weighted by atomic mass is 32.1. The maximum absolute atomic E-state index is 12.1. The van der Waals surface area contributed by atoms with Gasteiger partial charge in [0.25, 0.3) is 5.56 Å². The molecule has 1 unspecified atom stereocenters. The summed E-state index contributed by atoms with van der Waals surface area (Å²) in [5.74, 6) is -0.422. The second kappa shape index (κ2) is 16.8. The van der Waals surface area contributed by atoms with E-state index in [1.807, 2.05) is 19.1 Å². The molecule has 0 aliphatic heterocycles. The van der Waals surface area contributed by atoms with Crippen LogP contribution in [0.15, 0.2) is 39.7 Å². The number of aromatic amines is 1. The van der Waals surface area contributed by atoms with Crippen LogP contribution in [0.25, 0.3) is 0 Å². The monoisotopic (exact) mass is 450 g/mol. The Morgan fingerprint density at radius 3 is 2.42 bits per heavy atom. The molecule has 0 saturated heterocycles. The van der Waals surface area contributed by atoms with E-state index in [0.717, 1.165) is 12.0 Å². The van der Waals surface area contributed by atoms with Crippen LogP contribution in [-0.4, -0.2) is 40.2 Å². The molecule has 10 heteroatoms. The maximum atomic E-state index is 12.1. The van der Waals surface area contributed by atoms with Crippen molar-refractivity contribution in [1.82, 2.24) is 15.3 Å². The number of aliphatic imine (C=N–C) groups is 1. The Labute approximate surface area is 187 Å². The number of hydrogen-bond donors (Lipinski definition) is 4. The minimum Gasteiger partial charge on any atom is -0.370 e. The fraction of sp³-hybridized carbons (Fsp3) is 0.476. The molecule has 0 aliphatic rings. The third-order valence-corrected chi connectivity index (χ3v) is 4.35. The number of aromatic nitrogens is 2. The fourth-order valence-electron chi connectivity index (χ4n) is 2.25.